The molecule has 0 N–H and O–H groups in total. The molecule has 4 heteroatoms. The molecule has 49 heavy (non-hydrogen) atoms. The summed E-state index contributed by atoms with van der Waals surface area (Å²) in [6.07, 6.45) is 11.0. The fraction of sp³-hybridized carbons (Fsp3) is 0.267. The summed E-state index contributed by atoms with van der Waals surface area (Å²) in [4.78, 5) is 0. The Morgan fingerprint density at radius 2 is 1.39 bits per heavy atom. The molecule has 252 valence electrons. The van der Waals surface area contributed by atoms with Crippen LogP contribution in [-0.2, 0) is 41.5 Å². The Balaban J connectivity index is 0.000000226. The Labute approximate surface area is 327 Å². The molecule has 2 aliphatic carbocycles. The van der Waals surface area contributed by atoms with Gasteiger partial charge in [0.25, 0.3) is 0 Å². The molecule has 0 aliphatic heterocycles. The van der Waals surface area contributed by atoms with E-state index < -0.39 is 0 Å². The van der Waals surface area contributed by atoms with Gasteiger partial charge in [0.1, 0.15) is 0 Å². The predicted octanol–water partition coefficient (Wildman–Crippen LogP) is 6.19. The van der Waals surface area contributed by atoms with Crippen LogP contribution in [0.5, 0.6) is 0 Å². The Morgan fingerprint density at radius 3 is 1.98 bits per heavy atom. The molecule has 0 unspecified atom stereocenters. The monoisotopic (exact) mass is 780 g/mol. The smallest absolute Gasteiger partial charge is 0.109 e. The molecule has 0 radical (unpaired) electrons. The summed E-state index contributed by atoms with van der Waals surface area (Å²) in [5.41, 5.74) is 14.2. The second-order valence-electron chi connectivity index (χ2n) is 14.6. The van der Waals surface area contributed by atoms with Crippen LogP contribution in [0.2, 0.25) is 5.02 Å². The SMILES string of the molecule is Cc1[c-]c2c(cc1C(C)(C)C)-c1cc(C(C)(C)C)c(C)cc1C2.Clc1ccc([C](=[Zr+2])c2cccc3ccccc23)cc1.[C-]1=CC=CC1.[Cl-].[Cl-]. The zero-order valence-corrected chi connectivity index (χ0v) is 34.6. The first-order chi connectivity index (χ1) is 22.2. The Kier molecular flexibility index (Phi) is 14.3. The number of halogens is 3. The normalized spacial score (nSPS) is 12.5. The number of rotatable bonds is 2. The first-order valence-electron chi connectivity index (χ1n) is 16.5. The fourth-order valence-corrected chi connectivity index (χ4v) is 7.65. The molecule has 2 aliphatic rings. The van der Waals surface area contributed by atoms with Crippen molar-refractivity contribution in [1.82, 2.24) is 0 Å². The molecule has 0 atom stereocenters. The summed E-state index contributed by atoms with van der Waals surface area (Å²) < 4.78 is 1.36. The van der Waals surface area contributed by atoms with Gasteiger partial charge in [-0.2, -0.15) is 23.8 Å². The topological polar surface area (TPSA) is 0 Å². The van der Waals surface area contributed by atoms with Gasteiger partial charge in [0.15, 0.2) is 0 Å². The second-order valence-corrected chi connectivity index (χ2v) is 16.3. The van der Waals surface area contributed by atoms with Crippen molar-refractivity contribution in [3.63, 3.8) is 0 Å². The average molecular weight is 783 g/mol. The number of hydrogen-bond acceptors (Lipinski definition) is 0. The van der Waals surface area contributed by atoms with E-state index >= 15 is 0 Å². The number of hydrogen-bond donors (Lipinski definition) is 0. The zero-order chi connectivity index (χ0) is 33.9. The van der Waals surface area contributed by atoms with E-state index in [0.717, 1.165) is 17.9 Å². The summed E-state index contributed by atoms with van der Waals surface area (Å²) in [6, 6.07) is 34.0. The van der Waals surface area contributed by atoms with Gasteiger partial charge in [0, 0.05) is 0 Å². The zero-order valence-electron chi connectivity index (χ0n) is 29.9. The summed E-state index contributed by atoms with van der Waals surface area (Å²) in [5.74, 6) is 0. The Bertz CT molecular complexity index is 1900. The number of benzene rings is 5. The van der Waals surface area contributed by atoms with Crippen molar-refractivity contribution >= 4 is 25.6 Å². The third-order valence-corrected chi connectivity index (χ3v) is 10.5. The Hall–Kier alpha value is -2.54. The molecule has 7 rings (SSSR count). The van der Waals surface area contributed by atoms with Crippen LogP contribution in [0.15, 0.2) is 103 Å². The van der Waals surface area contributed by atoms with Crippen molar-refractivity contribution in [3.8, 4) is 11.1 Å². The minimum absolute atomic E-state index is 0. The van der Waals surface area contributed by atoms with Crippen LogP contribution >= 0.6 is 11.6 Å². The van der Waals surface area contributed by atoms with Crippen LogP contribution in [0.25, 0.3) is 21.9 Å². The standard InChI is InChI=1S/C23H29.C17H11Cl.C5H5.2ClH.Zr/c1-14-9-16-11-17-10-15(2)21(23(6,7)8)13-19(17)18(16)12-20(14)22(3,4)5;18-16-10-8-13(9-11-16)12-15-6-3-5-14-4-1-2-7-17(14)15;1-2-4-5-3-1;;;/h9,12-13H,11H2,1-8H3;1-11H;1-3H,4H2;2*1H;/q-1;;-1;;;+2/p-2. The van der Waals surface area contributed by atoms with E-state index in [4.69, 9.17) is 11.6 Å². The number of aryl methyl sites for hydroxylation is 2. The maximum absolute atomic E-state index is 5.96. The Morgan fingerprint density at radius 1 is 0.755 bits per heavy atom. The van der Waals surface area contributed by atoms with Crippen LogP contribution in [0, 0.1) is 26.0 Å². The van der Waals surface area contributed by atoms with Crippen molar-refractivity contribution in [2.75, 3.05) is 0 Å². The molecule has 0 saturated carbocycles. The largest absolute Gasteiger partial charge is 1.00 e. The molecule has 0 fully saturated rings. The van der Waals surface area contributed by atoms with Gasteiger partial charge in [-0.1, -0.05) is 71.6 Å². The molecule has 0 nitrogen and oxygen atoms in total. The van der Waals surface area contributed by atoms with Crippen molar-refractivity contribution in [2.24, 2.45) is 0 Å². The maximum Gasteiger partial charge on any atom is -0.109 e. The number of fused-ring (bicyclic) bond motifs is 4. The van der Waals surface area contributed by atoms with Crippen LogP contribution in [0.3, 0.4) is 0 Å². The third-order valence-electron chi connectivity index (χ3n) is 8.86. The quantitative estimate of drug-likeness (QED) is 0.184. The van der Waals surface area contributed by atoms with Gasteiger partial charge >= 0.3 is 133 Å². The molecule has 0 bridgehead atoms. The van der Waals surface area contributed by atoms with Crippen LogP contribution in [0.1, 0.15) is 92.5 Å². The first-order valence-corrected chi connectivity index (χ1v) is 18.1. The molecular weight excluding hydrogens is 738 g/mol. The van der Waals surface area contributed by atoms with Crippen LogP contribution in [-0.4, -0.2) is 3.21 Å². The van der Waals surface area contributed by atoms with Gasteiger partial charge in [0.2, 0.25) is 0 Å². The van der Waals surface area contributed by atoms with E-state index in [9.17, 15) is 0 Å². The molecule has 0 amide bonds. The van der Waals surface area contributed by atoms with Gasteiger partial charge in [-0.05, 0) is 35.4 Å². The predicted molar refractivity (Wildman–Crippen MR) is 201 cm³/mol. The molecule has 0 heterocycles. The van der Waals surface area contributed by atoms with Gasteiger partial charge in [-0.3, -0.25) is 6.08 Å². The molecule has 0 saturated heterocycles. The van der Waals surface area contributed by atoms with Gasteiger partial charge in [-0.25, -0.2) is 12.2 Å². The van der Waals surface area contributed by atoms with Gasteiger partial charge in [-0.15, -0.1) is 23.1 Å². The van der Waals surface area contributed by atoms with Crippen LogP contribution < -0.4 is 24.8 Å². The molecule has 5 aromatic rings. The van der Waals surface area contributed by atoms with Gasteiger partial charge in [0.05, 0.1) is 0 Å². The number of allylic oxidation sites excluding steroid dienone is 4. The summed E-state index contributed by atoms with van der Waals surface area (Å²) in [5, 5.41) is 3.38. The van der Waals surface area contributed by atoms with E-state index in [-0.39, 0.29) is 35.6 Å². The van der Waals surface area contributed by atoms with Crippen molar-refractivity contribution in [2.45, 2.75) is 79.1 Å². The molecular formula is C45H45Cl3Zr-2. The minimum Gasteiger partial charge on any atom is -1.00 e. The van der Waals surface area contributed by atoms with E-state index in [0.29, 0.717) is 0 Å². The van der Waals surface area contributed by atoms with E-state index in [1.807, 2.05) is 24.3 Å². The van der Waals surface area contributed by atoms with E-state index in [2.05, 4.69) is 146 Å². The second kappa shape index (κ2) is 17.1. The fourth-order valence-electron chi connectivity index (χ4n) is 6.58. The van der Waals surface area contributed by atoms with Crippen molar-refractivity contribution in [3.05, 3.63) is 165 Å². The third kappa shape index (κ3) is 9.83. The average Bonchev–Trinajstić information content (AvgIpc) is 3.71. The van der Waals surface area contributed by atoms with Crippen LogP contribution in [0.4, 0.5) is 0 Å². The first kappa shape index (κ1) is 40.9. The van der Waals surface area contributed by atoms with Crippen molar-refractivity contribution in [1.29, 1.82) is 0 Å². The maximum atomic E-state index is 5.96. The van der Waals surface area contributed by atoms with E-state index in [1.165, 1.54) is 93.8 Å². The summed E-state index contributed by atoms with van der Waals surface area (Å²) >= 11 is 7.37. The molecule has 0 spiro atoms. The minimum atomic E-state index is 0. The molecule has 0 aromatic heterocycles. The van der Waals surface area contributed by atoms with Gasteiger partial charge < -0.3 is 24.8 Å². The van der Waals surface area contributed by atoms with Crippen molar-refractivity contribution < 1.29 is 49.0 Å². The summed E-state index contributed by atoms with van der Waals surface area (Å²) in [6.45, 7) is 18.2. The molecule has 5 aromatic carbocycles. The van der Waals surface area contributed by atoms with E-state index in [1.54, 1.807) is 0 Å². The summed E-state index contributed by atoms with van der Waals surface area (Å²) in [7, 11) is 0.